The normalized spacial score (nSPS) is 18.2. The van der Waals surface area contributed by atoms with Gasteiger partial charge in [-0.3, -0.25) is 0 Å². The minimum atomic E-state index is -0.0551. The van der Waals surface area contributed by atoms with Gasteiger partial charge in [0.2, 0.25) is 0 Å². The summed E-state index contributed by atoms with van der Waals surface area (Å²) < 4.78 is 10.9. The Morgan fingerprint density at radius 3 is 2.47 bits per heavy atom. The molecule has 1 unspecified atom stereocenters. The van der Waals surface area contributed by atoms with Crippen molar-refractivity contribution in [2.45, 2.75) is 37.8 Å². The van der Waals surface area contributed by atoms with E-state index in [0.717, 1.165) is 11.3 Å². The van der Waals surface area contributed by atoms with Gasteiger partial charge < -0.3 is 15.2 Å². The summed E-state index contributed by atoms with van der Waals surface area (Å²) >= 11 is 0. The molecule has 1 aliphatic carbocycles. The molecule has 94 valence electrons. The molecule has 0 radical (unpaired) electrons. The van der Waals surface area contributed by atoms with Gasteiger partial charge in [0.05, 0.1) is 18.8 Å². The maximum atomic E-state index is 5.95. The van der Waals surface area contributed by atoms with E-state index in [2.05, 4.69) is 0 Å². The standard InChI is InChI=1S/C14H21NO2/c1-16-10-14(15)11-6-8-13(9-7-11)17-12-4-2-3-5-12/h6-9,12,14H,2-5,10,15H2,1H3. The SMILES string of the molecule is COCC(N)c1ccc(OC2CCCC2)cc1. The predicted octanol–water partition coefficient (Wildman–Crippen LogP) is 2.65. The molecule has 3 heteroatoms. The topological polar surface area (TPSA) is 44.5 Å². The predicted molar refractivity (Wildman–Crippen MR) is 68.1 cm³/mol. The van der Waals surface area contributed by atoms with Gasteiger partial charge in [-0.2, -0.15) is 0 Å². The molecule has 2 N–H and O–H groups in total. The highest BCUT2D eigenvalue weighted by Crippen LogP contribution is 2.24. The molecule has 0 aliphatic heterocycles. The fourth-order valence-corrected chi connectivity index (χ4v) is 2.27. The zero-order valence-electron chi connectivity index (χ0n) is 10.4. The highest BCUT2D eigenvalue weighted by atomic mass is 16.5. The van der Waals surface area contributed by atoms with Crippen molar-refractivity contribution in [3.05, 3.63) is 29.8 Å². The summed E-state index contributed by atoms with van der Waals surface area (Å²) in [6.45, 7) is 0.544. The lowest BCUT2D eigenvalue weighted by Gasteiger charge is -2.15. The number of methoxy groups -OCH3 is 1. The van der Waals surface area contributed by atoms with Crippen molar-refractivity contribution in [1.82, 2.24) is 0 Å². The van der Waals surface area contributed by atoms with Crippen molar-refractivity contribution in [2.24, 2.45) is 5.73 Å². The molecule has 1 aromatic carbocycles. The van der Waals surface area contributed by atoms with Crippen LogP contribution in [-0.4, -0.2) is 19.8 Å². The van der Waals surface area contributed by atoms with Crippen molar-refractivity contribution < 1.29 is 9.47 Å². The zero-order valence-corrected chi connectivity index (χ0v) is 10.4. The molecule has 1 saturated carbocycles. The van der Waals surface area contributed by atoms with E-state index in [1.54, 1.807) is 7.11 Å². The van der Waals surface area contributed by atoms with Crippen molar-refractivity contribution in [2.75, 3.05) is 13.7 Å². The number of hydrogen-bond acceptors (Lipinski definition) is 3. The molecule has 0 amide bonds. The maximum Gasteiger partial charge on any atom is 0.119 e. The van der Waals surface area contributed by atoms with Crippen LogP contribution in [-0.2, 0) is 4.74 Å². The lowest BCUT2D eigenvalue weighted by molar-refractivity contribution is 0.180. The number of rotatable bonds is 5. The van der Waals surface area contributed by atoms with Crippen LogP contribution >= 0.6 is 0 Å². The minimum Gasteiger partial charge on any atom is -0.490 e. The van der Waals surface area contributed by atoms with Crippen LogP contribution in [0.25, 0.3) is 0 Å². The fraction of sp³-hybridized carbons (Fsp3) is 0.571. The van der Waals surface area contributed by atoms with Crippen LogP contribution in [0.1, 0.15) is 37.3 Å². The number of benzene rings is 1. The van der Waals surface area contributed by atoms with Crippen LogP contribution in [0.15, 0.2) is 24.3 Å². The van der Waals surface area contributed by atoms with Crippen molar-refractivity contribution in [1.29, 1.82) is 0 Å². The molecule has 2 rings (SSSR count). The first kappa shape index (κ1) is 12.4. The van der Waals surface area contributed by atoms with Gasteiger partial charge in [-0.15, -0.1) is 0 Å². The van der Waals surface area contributed by atoms with Crippen LogP contribution < -0.4 is 10.5 Å². The summed E-state index contributed by atoms with van der Waals surface area (Å²) in [6, 6.07) is 7.99. The van der Waals surface area contributed by atoms with Gasteiger partial charge in [0.1, 0.15) is 5.75 Å². The Labute approximate surface area is 103 Å². The number of nitrogens with two attached hydrogens (primary N) is 1. The molecule has 0 aromatic heterocycles. The third-order valence-corrected chi connectivity index (χ3v) is 3.26. The first-order chi connectivity index (χ1) is 8.29. The van der Waals surface area contributed by atoms with Gasteiger partial charge in [0, 0.05) is 7.11 Å². The van der Waals surface area contributed by atoms with Crippen LogP contribution in [0.4, 0.5) is 0 Å². The summed E-state index contributed by atoms with van der Waals surface area (Å²) in [6.07, 6.45) is 5.37. The quantitative estimate of drug-likeness (QED) is 0.853. The molecule has 3 nitrogen and oxygen atoms in total. The second kappa shape index (κ2) is 6.03. The Balaban J connectivity index is 1.92. The van der Waals surface area contributed by atoms with Crippen molar-refractivity contribution in [3.63, 3.8) is 0 Å². The first-order valence-electron chi connectivity index (χ1n) is 6.30. The average molecular weight is 235 g/mol. The smallest absolute Gasteiger partial charge is 0.119 e. The summed E-state index contributed by atoms with van der Waals surface area (Å²) in [5.41, 5.74) is 7.04. The first-order valence-corrected chi connectivity index (χ1v) is 6.30. The molecule has 1 aromatic rings. The summed E-state index contributed by atoms with van der Waals surface area (Å²) in [5.74, 6) is 0.949. The van der Waals surface area contributed by atoms with Crippen LogP contribution in [0.2, 0.25) is 0 Å². The van der Waals surface area contributed by atoms with E-state index in [-0.39, 0.29) is 6.04 Å². The Kier molecular flexibility index (Phi) is 4.40. The maximum absolute atomic E-state index is 5.95. The Bertz CT molecular complexity index is 331. The van der Waals surface area contributed by atoms with Crippen molar-refractivity contribution in [3.8, 4) is 5.75 Å². The lowest BCUT2D eigenvalue weighted by Crippen LogP contribution is -2.16. The van der Waals surface area contributed by atoms with Gasteiger partial charge in [0.15, 0.2) is 0 Å². The molecule has 0 spiro atoms. The minimum absolute atomic E-state index is 0.0551. The van der Waals surface area contributed by atoms with Crippen LogP contribution in [0, 0.1) is 0 Å². The highest BCUT2D eigenvalue weighted by molar-refractivity contribution is 5.29. The average Bonchev–Trinajstić information content (AvgIpc) is 2.83. The van der Waals surface area contributed by atoms with Gasteiger partial charge >= 0.3 is 0 Å². The van der Waals surface area contributed by atoms with Gasteiger partial charge in [0.25, 0.3) is 0 Å². The number of hydrogen-bond donors (Lipinski definition) is 1. The molecule has 1 fully saturated rings. The Morgan fingerprint density at radius 1 is 1.24 bits per heavy atom. The zero-order chi connectivity index (χ0) is 12.1. The second-order valence-corrected chi connectivity index (χ2v) is 4.66. The van der Waals surface area contributed by atoms with E-state index in [1.165, 1.54) is 25.7 Å². The summed E-state index contributed by atoms with van der Waals surface area (Å²) in [5, 5.41) is 0. The third-order valence-electron chi connectivity index (χ3n) is 3.26. The third kappa shape index (κ3) is 3.45. The molecular weight excluding hydrogens is 214 g/mol. The highest BCUT2D eigenvalue weighted by Gasteiger charge is 2.16. The second-order valence-electron chi connectivity index (χ2n) is 4.66. The van der Waals surface area contributed by atoms with Crippen LogP contribution in [0.5, 0.6) is 5.75 Å². The van der Waals surface area contributed by atoms with E-state index in [4.69, 9.17) is 15.2 Å². The number of ether oxygens (including phenoxy) is 2. The van der Waals surface area contributed by atoms with Gasteiger partial charge in [-0.25, -0.2) is 0 Å². The van der Waals surface area contributed by atoms with E-state index in [1.807, 2.05) is 24.3 Å². The van der Waals surface area contributed by atoms with Crippen molar-refractivity contribution >= 4 is 0 Å². The Hall–Kier alpha value is -1.06. The fourth-order valence-electron chi connectivity index (χ4n) is 2.27. The van der Waals surface area contributed by atoms with E-state index >= 15 is 0 Å². The van der Waals surface area contributed by atoms with E-state index < -0.39 is 0 Å². The molecule has 0 saturated heterocycles. The molecule has 0 heterocycles. The molecule has 1 atom stereocenters. The molecular formula is C14H21NO2. The lowest BCUT2D eigenvalue weighted by atomic mass is 10.1. The van der Waals surface area contributed by atoms with Gasteiger partial charge in [-0.1, -0.05) is 12.1 Å². The Morgan fingerprint density at radius 2 is 1.88 bits per heavy atom. The summed E-state index contributed by atoms with van der Waals surface area (Å²) in [7, 11) is 1.66. The monoisotopic (exact) mass is 235 g/mol. The van der Waals surface area contributed by atoms with Gasteiger partial charge in [-0.05, 0) is 43.4 Å². The summed E-state index contributed by atoms with van der Waals surface area (Å²) in [4.78, 5) is 0. The molecule has 0 bridgehead atoms. The van der Waals surface area contributed by atoms with Crippen LogP contribution in [0.3, 0.4) is 0 Å². The van der Waals surface area contributed by atoms with E-state index in [9.17, 15) is 0 Å². The largest absolute Gasteiger partial charge is 0.490 e. The molecule has 1 aliphatic rings. The van der Waals surface area contributed by atoms with E-state index in [0.29, 0.717) is 12.7 Å². The molecule has 17 heavy (non-hydrogen) atoms.